The molecule has 0 aromatic heterocycles. The van der Waals surface area contributed by atoms with E-state index in [0.29, 0.717) is 0 Å². The van der Waals surface area contributed by atoms with E-state index in [1.807, 2.05) is 0 Å². The van der Waals surface area contributed by atoms with Crippen molar-refractivity contribution in [3.8, 4) is 11.1 Å². The SMILES string of the molecule is c1ccc2c(c1)ccc1cc3cc(-c4ccc5cc6c(ccc7ccccc76)cc5c4)ccc3cc12. The fraction of sp³-hybridized carbons (Fsp3) is 0. The van der Waals surface area contributed by atoms with Crippen LogP contribution in [-0.2, 0) is 0 Å². The summed E-state index contributed by atoms with van der Waals surface area (Å²) in [6.07, 6.45) is 0. The first-order valence-electron chi connectivity index (χ1n) is 12.5. The van der Waals surface area contributed by atoms with Crippen molar-refractivity contribution in [2.75, 3.05) is 0 Å². The average Bonchev–Trinajstić information content (AvgIpc) is 2.94. The molecule has 0 unspecified atom stereocenters. The van der Waals surface area contributed by atoms with Crippen LogP contribution in [0.2, 0.25) is 0 Å². The van der Waals surface area contributed by atoms with Crippen LogP contribution in [0.15, 0.2) is 133 Å². The summed E-state index contributed by atoms with van der Waals surface area (Å²) in [4.78, 5) is 0. The lowest BCUT2D eigenvalue weighted by atomic mass is 9.94. The van der Waals surface area contributed by atoms with Crippen LogP contribution in [0.5, 0.6) is 0 Å². The van der Waals surface area contributed by atoms with Gasteiger partial charge in [0.15, 0.2) is 0 Å². The molecular weight excluding hydrogens is 432 g/mol. The molecule has 0 spiro atoms. The van der Waals surface area contributed by atoms with Crippen LogP contribution in [-0.4, -0.2) is 0 Å². The van der Waals surface area contributed by atoms with Crippen LogP contribution in [0.25, 0.3) is 75.8 Å². The summed E-state index contributed by atoms with van der Waals surface area (Å²) in [5.74, 6) is 0. The molecule has 0 aliphatic rings. The van der Waals surface area contributed by atoms with Crippen LogP contribution < -0.4 is 0 Å². The quantitative estimate of drug-likeness (QED) is 0.171. The Kier molecular flexibility index (Phi) is 4.03. The van der Waals surface area contributed by atoms with Crippen molar-refractivity contribution >= 4 is 64.6 Å². The molecule has 166 valence electrons. The van der Waals surface area contributed by atoms with E-state index in [4.69, 9.17) is 0 Å². The maximum atomic E-state index is 2.34. The van der Waals surface area contributed by atoms with Crippen LogP contribution in [0.3, 0.4) is 0 Å². The van der Waals surface area contributed by atoms with Crippen molar-refractivity contribution in [2.45, 2.75) is 0 Å². The topological polar surface area (TPSA) is 0 Å². The lowest BCUT2D eigenvalue weighted by molar-refractivity contribution is 1.69. The molecule has 0 fully saturated rings. The van der Waals surface area contributed by atoms with Crippen molar-refractivity contribution < 1.29 is 0 Å². The summed E-state index contributed by atoms with van der Waals surface area (Å²) in [7, 11) is 0. The largest absolute Gasteiger partial charge is 0.0616 e. The first-order valence-corrected chi connectivity index (χ1v) is 12.5. The molecule has 0 bridgehead atoms. The molecule has 0 N–H and O–H groups in total. The Bertz CT molecular complexity index is 1990. The second-order valence-electron chi connectivity index (χ2n) is 9.84. The molecule has 0 saturated heterocycles. The van der Waals surface area contributed by atoms with E-state index in [0.717, 1.165) is 0 Å². The average molecular weight is 455 g/mol. The molecule has 8 aromatic carbocycles. The molecule has 0 amide bonds. The van der Waals surface area contributed by atoms with Crippen molar-refractivity contribution in [1.29, 1.82) is 0 Å². The first kappa shape index (κ1) is 19.6. The van der Waals surface area contributed by atoms with Gasteiger partial charge in [-0.2, -0.15) is 0 Å². The standard InChI is InChI=1S/C36H22/c1-3-7-33-23(5-1)9-15-29-19-31-17-25(11-13-27(31)21-35(29)33)26-12-14-28-22-36-30(20-32(28)18-26)16-10-24-6-2-4-8-34(24)36/h1-22H. The smallest absolute Gasteiger partial charge is 0.00990 e. The highest BCUT2D eigenvalue weighted by Gasteiger charge is 2.07. The number of hydrogen-bond donors (Lipinski definition) is 0. The van der Waals surface area contributed by atoms with Gasteiger partial charge in [0.2, 0.25) is 0 Å². The van der Waals surface area contributed by atoms with Gasteiger partial charge in [-0.3, -0.25) is 0 Å². The molecular formula is C36H22. The van der Waals surface area contributed by atoms with Crippen molar-refractivity contribution in [3.05, 3.63) is 133 Å². The fourth-order valence-corrected chi connectivity index (χ4v) is 5.87. The normalized spacial score (nSPS) is 11.9. The van der Waals surface area contributed by atoms with Gasteiger partial charge in [-0.15, -0.1) is 0 Å². The van der Waals surface area contributed by atoms with Crippen LogP contribution in [0, 0.1) is 0 Å². The summed E-state index contributed by atoms with van der Waals surface area (Å²) in [5, 5.41) is 15.5. The Balaban J connectivity index is 1.29. The molecule has 0 nitrogen and oxygen atoms in total. The monoisotopic (exact) mass is 454 g/mol. The Morgan fingerprint density at radius 2 is 0.639 bits per heavy atom. The minimum atomic E-state index is 1.25. The molecule has 0 heteroatoms. The third kappa shape index (κ3) is 2.95. The highest BCUT2D eigenvalue weighted by atomic mass is 14.1. The third-order valence-corrected chi connectivity index (χ3v) is 7.74. The Hall–Kier alpha value is -4.68. The molecule has 0 atom stereocenters. The van der Waals surface area contributed by atoms with Gasteiger partial charge >= 0.3 is 0 Å². The minimum Gasteiger partial charge on any atom is -0.0616 e. The van der Waals surface area contributed by atoms with Crippen LogP contribution in [0.4, 0.5) is 0 Å². The van der Waals surface area contributed by atoms with Gasteiger partial charge in [0.25, 0.3) is 0 Å². The lowest BCUT2D eigenvalue weighted by Crippen LogP contribution is -1.84. The molecule has 0 saturated carbocycles. The zero-order chi connectivity index (χ0) is 23.6. The van der Waals surface area contributed by atoms with Gasteiger partial charge in [0, 0.05) is 0 Å². The zero-order valence-electron chi connectivity index (χ0n) is 19.7. The highest BCUT2D eigenvalue weighted by Crippen LogP contribution is 2.34. The van der Waals surface area contributed by atoms with Gasteiger partial charge < -0.3 is 0 Å². The van der Waals surface area contributed by atoms with E-state index in [9.17, 15) is 0 Å². The van der Waals surface area contributed by atoms with Crippen molar-refractivity contribution in [3.63, 3.8) is 0 Å². The van der Waals surface area contributed by atoms with E-state index in [1.54, 1.807) is 0 Å². The summed E-state index contributed by atoms with van der Waals surface area (Å²) < 4.78 is 0. The van der Waals surface area contributed by atoms with Gasteiger partial charge in [-0.05, 0) is 112 Å². The Morgan fingerprint density at radius 3 is 1.14 bits per heavy atom. The first-order chi connectivity index (χ1) is 17.8. The van der Waals surface area contributed by atoms with E-state index < -0.39 is 0 Å². The van der Waals surface area contributed by atoms with E-state index in [2.05, 4.69) is 133 Å². The van der Waals surface area contributed by atoms with Crippen molar-refractivity contribution in [2.24, 2.45) is 0 Å². The predicted molar refractivity (Wildman–Crippen MR) is 157 cm³/mol. The second-order valence-corrected chi connectivity index (χ2v) is 9.84. The molecule has 36 heavy (non-hydrogen) atoms. The van der Waals surface area contributed by atoms with Crippen LogP contribution in [0.1, 0.15) is 0 Å². The molecule has 8 rings (SSSR count). The molecule has 0 aliphatic heterocycles. The third-order valence-electron chi connectivity index (χ3n) is 7.74. The maximum Gasteiger partial charge on any atom is -0.00990 e. The molecule has 0 radical (unpaired) electrons. The number of fused-ring (bicyclic) bond motifs is 8. The van der Waals surface area contributed by atoms with Crippen LogP contribution >= 0.6 is 0 Å². The summed E-state index contributed by atoms with van der Waals surface area (Å²) in [6, 6.07) is 49.3. The maximum absolute atomic E-state index is 2.34. The fourth-order valence-electron chi connectivity index (χ4n) is 5.87. The summed E-state index contributed by atoms with van der Waals surface area (Å²) in [5.41, 5.74) is 2.51. The molecule has 8 aromatic rings. The van der Waals surface area contributed by atoms with Gasteiger partial charge in [0.1, 0.15) is 0 Å². The van der Waals surface area contributed by atoms with Gasteiger partial charge in [0.05, 0.1) is 0 Å². The Morgan fingerprint density at radius 1 is 0.222 bits per heavy atom. The van der Waals surface area contributed by atoms with E-state index in [-0.39, 0.29) is 0 Å². The number of benzene rings is 8. The number of rotatable bonds is 1. The van der Waals surface area contributed by atoms with Gasteiger partial charge in [-0.25, -0.2) is 0 Å². The summed E-state index contributed by atoms with van der Waals surface area (Å²) in [6.45, 7) is 0. The zero-order valence-corrected chi connectivity index (χ0v) is 19.7. The minimum absolute atomic E-state index is 1.25. The van der Waals surface area contributed by atoms with Gasteiger partial charge in [-0.1, -0.05) is 97.1 Å². The molecule has 0 heterocycles. The highest BCUT2D eigenvalue weighted by molar-refractivity contribution is 6.14. The summed E-state index contributed by atoms with van der Waals surface area (Å²) >= 11 is 0. The lowest BCUT2D eigenvalue weighted by Gasteiger charge is -2.10. The number of hydrogen-bond acceptors (Lipinski definition) is 0. The Labute approximate surface area is 209 Å². The predicted octanol–water partition coefficient (Wildman–Crippen LogP) is 10.3. The second kappa shape index (κ2) is 7.41. The van der Waals surface area contributed by atoms with E-state index >= 15 is 0 Å². The van der Waals surface area contributed by atoms with Crippen molar-refractivity contribution in [1.82, 2.24) is 0 Å². The van der Waals surface area contributed by atoms with E-state index in [1.165, 1.54) is 75.8 Å². The molecule has 0 aliphatic carbocycles.